The Morgan fingerprint density at radius 2 is 1.96 bits per heavy atom. The topological polar surface area (TPSA) is 50.2 Å². The zero-order chi connectivity index (χ0) is 19.6. The van der Waals surface area contributed by atoms with Gasteiger partial charge in [0.15, 0.2) is 0 Å². The lowest BCUT2D eigenvalue weighted by Crippen LogP contribution is -2.47. The number of hydrogen-bond acceptors (Lipinski definition) is 3. The molecule has 27 heavy (non-hydrogen) atoms. The van der Waals surface area contributed by atoms with Gasteiger partial charge in [0.25, 0.3) is 5.91 Å². The third kappa shape index (κ3) is 4.56. The van der Waals surface area contributed by atoms with Crippen molar-refractivity contribution in [3.05, 3.63) is 47.5 Å². The molecule has 6 heteroatoms. The first-order valence-corrected chi connectivity index (χ1v) is 9.68. The predicted molar refractivity (Wildman–Crippen MR) is 105 cm³/mol. The highest BCUT2D eigenvalue weighted by atomic mass is 19.1. The van der Waals surface area contributed by atoms with Crippen LogP contribution in [0.15, 0.2) is 30.5 Å². The molecule has 3 atom stereocenters. The molecule has 2 heterocycles. The Morgan fingerprint density at radius 3 is 2.63 bits per heavy atom. The Kier molecular flexibility index (Phi) is 5.95. The van der Waals surface area contributed by atoms with E-state index in [1.807, 2.05) is 6.92 Å². The summed E-state index contributed by atoms with van der Waals surface area (Å²) in [6.45, 7) is 11.4. The summed E-state index contributed by atoms with van der Waals surface area (Å²) in [5.74, 6) is 0.855. The van der Waals surface area contributed by atoms with Gasteiger partial charge in [-0.05, 0) is 44.2 Å². The van der Waals surface area contributed by atoms with Crippen molar-refractivity contribution < 1.29 is 9.18 Å². The smallest absolute Gasteiger partial charge is 0.255 e. The third-order valence-electron chi connectivity index (χ3n) is 5.19. The summed E-state index contributed by atoms with van der Waals surface area (Å²) < 4.78 is 15.5. The van der Waals surface area contributed by atoms with Crippen LogP contribution in [-0.2, 0) is 0 Å². The maximum Gasteiger partial charge on any atom is 0.255 e. The summed E-state index contributed by atoms with van der Waals surface area (Å²) in [5, 5.41) is 7.28. The minimum Gasteiger partial charge on any atom is -0.348 e. The van der Waals surface area contributed by atoms with Gasteiger partial charge < -0.3 is 10.2 Å². The molecular formula is C21H29FN4O. The molecule has 1 aliphatic heterocycles. The lowest BCUT2D eigenvalue weighted by molar-refractivity contribution is 0.0904. The van der Waals surface area contributed by atoms with Crippen molar-refractivity contribution in [2.24, 2.45) is 11.8 Å². The van der Waals surface area contributed by atoms with Crippen molar-refractivity contribution in [1.82, 2.24) is 20.0 Å². The lowest BCUT2D eigenvalue weighted by atomic mass is 9.92. The van der Waals surface area contributed by atoms with E-state index < -0.39 is 0 Å². The van der Waals surface area contributed by atoms with Crippen molar-refractivity contribution in [1.29, 1.82) is 0 Å². The molecule has 5 nitrogen and oxygen atoms in total. The van der Waals surface area contributed by atoms with E-state index in [4.69, 9.17) is 0 Å². The Labute approximate surface area is 160 Å². The highest BCUT2D eigenvalue weighted by Gasteiger charge is 2.24. The SMILES string of the molecule is Cc1c(C(=O)NC(C)CN2CC(C)CC(C)C2)cnn1-c1ccccc1F. The van der Waals surface area contributed by atoms with Crippen molar-refractivity contribution in [3.63, 3.8) is 0 Å². The van der Waals surface area contributed by atoms with Gasteiger partial charge >= 0.3 is 0 Å². The number of piperidine rings is 1. The van der Waals surface area contributed by atoms with Crippen LogP contribution in [0.1, 0.15) is 43.2 Å². The van der Waals surface area contributed by atoms with Crippen LogP contribution >= 0.6 is 0 Å². The molecule has 2 aromatic rings. The average Bonchev–Trinajstić information content (AvgIpc) is 2.95. The van der Waals surface area contributed by atoms with Gasteiger partial charge in [-0.1, -0.05) is 26.0 Å². The van der Waals surface area contributed by atoms with Gasteiger partial charge in [-0.25, -0.2) is 9.07 Å². The van der Waals surface area contributed by atoms with E-state index in [0.29, 0.717) is 28.8 Å². The van der Waals surface area contributed by atoms with Crippen LogP contribution in [-0.4, -0.2) is 46.3 Å². The van der Waals surface area contributed by atoms with Gasteiger partial charge in [-0.15, -0.1) is 0 Å². The molecule has 0 spiro atoms. The number of benzene rings is 1. The van der Waals surface area contributed by atoms with Gasteiger partial charge in [0.2, 0.25) is 0 Å². The number of hydrogen-bond donors (Lipinski definition) is 1. The largest absolute Gasteiger partial charge is 0.348 e. The number of likely N-dealkylation sites (tertiary alicyclic amines) is 1. The summed E-state index contributed by atoms with van der Waals surface area (Å²) >= 11 is 0. The number of carbonyl (C=O) groups excluding carboxylic acids is 1. The number of rotatable bonds is 5. The number of amides is 1. The summed E-state index contributed by atoms with van der Waals surface area (Å²) in [6, 6.07) is 6.46. The molecular weight excluding hydrogens is 343 g/mol. The predicted octanol–water partition coefficient (Wildman–Crippen LogP) is 3.42. The second-order valence-electron chi connectivity index (χ2n) is 8.05. The zero-order valence-electron chi connectivity index (χ0n) is 16.6. The quantitative estimate of drug-likeness (QED) is 0.875. The van der Waals surface area contributed by atoms with Crippen LogP contribution in [0.3, 0.4) is 0 Å². The number of nitrogens with one attached hydrogen (secondary N) is 1. The standard InChI is InChI=1S/C21H29FN4O/c1-14-9-15(2)12-25(11-14)13-16(3)24-21(27)18-10-23-26(17(18)4)20-8-6-5-7-19(20)22/h5-8,10,14-16H,9,11-13H2,1-4H3,(H,24,27). The fraction of sp³-hybridized carbons (Fsp3) is 0.524. The normalized spacial score (nSPS) is 21.8. The molecule has 1 aromatic carbocycles. The Bertz CT molecular complexity index is 793. The van der Waals surface area contributed by atoms with Crippen molar-refractivity contribution in [3.8, 4) is 5.69 Å². The molecule has 1 aromatic heterocycles. The Hall–Kier alpha value is -2.21. The van der Waals surface area contributed by atoms with Crippen molar-refractivity contribution in [2.45, 2.75) is 40.2 Å². The molecule has 3 unspecified atom stereocenters. The number of carbonyl (C=O) groups is 1. The van der Waals surface area contributed by atoms with E-state index in [-0.39, 0.29) is 17.8 Å². The number of para-hydroxylation sites is 1. The summed E-state index contributed by atoms with van der Waals surface area (Å²) in [7, 11) is 0. The fourth-order valence-corrected chi connectivity index (χ4v) is 4.17. The van der Waals surface area contributed by atoms with E-state index in [0.717, 1.165) is 19.6 Å². The van der Waals surface area contributed by atoms with Gasteiger partial charge in [0.1, 0.15) is 11.5 Å². The lowest BCUT2D eigenvalue weighted by Gasteiger charge is -2.36. The van der Waals surface area contributed by atoms with Gasteiger partial charge in [-0.2, -0.15) is 5.10 Å². The molecule has 0 saturated carbocycles. The maximum absolute atomic E-state index is 14.0. The third-order valence-corrected chi connectivity index (χ3v) is 5.19. The number of nitrogens with zero attached hydrogens (tertiary/aromatic N) is 3. The molecule has 146 valence electrons. The summed E-state index contributed by atoms with van der Waals surface area (Å²) in [4.78, 5) is 15.1. The summed E-state index contributed by atoms with van der Waals surface area (Å²) in [5.41, 5.74) is 1.45. The second kappa shape index (κ2) is 8.21. The molecule has 3 rings (SSSR count). The minimum absolute atomic E-state index is 0.0335. The van der Waals surface area contributed by atoms with Crippen LogP contribution in [0.2, 0.25) is 0 Å². The second-order valence-corrected chi connectivity index (χ2v) is 8.05. The van der Waals surface area contributed by atoms with Crippen molar-refractivity contribution >= 4 is 5.91 Å². The summed E-state index contributed by atoms with van der Waals surface area (Å²) in [6.07, 6.45) is 2.78. The molecule has 1 saturated heterocycles. The monoisotopic (exact) mass is 372 g/mol. The van der Waals surface area contributed by atoms with Crippen LogP contribution in [0.4, 0.5) is 4.39 Å². The Morgan fingerprint density at radius 1 is 1.30 bits per heavy atom. The first-order chi connectivity index (χ1) is 12.8. The molecule has 1 fully saturated rings. The minimum atomic E-state index is -0.364. The Balaban J connectivity index is 1.65. The van der Waals surface area contributed by atoms with E-state index in [2.05, 4.69) is 29.2 Å². The van der Waals surface area contributed by atoms with E-state index >= 15 is 0 Å². The molecule has 0 aliphatic carbocycles. The molecule has 1 aliphatic rings. The van der Waals surface area contributed by atoms with Crippen molar-refractivity contribution in [2.75, 3.05) is 19.6 Å². The van der Waals surface area contributed by atoms with E-state index in [9.17, 15) is 9.18 Å². The van der Waals surface area contributed by atoms with Crippen LogP contribution in [0.5, 0.6) is 0 Å². The molecule has 1 N–H and O–H groups in total. The average molecular weight is 372 g/mol. The highest BCUT2D eigenvalue weighted by Crippen LogP contribution is 2.21. The first kappa shape index (κ1) is 19.5. The first-order valence-electron chi connectivity index (χ1n) is 9.68. The molecule has 1 amide bonds. The van der Waals surface area contributed by atoms with Crippen LogP contribution in [0.25, 0.3) is 5.69 Å². The highest BCUT2D eigenvalue weighted by molar-refractivity contribution is 5.95. The van der Waals surface area contributed by atoms with Gasteiger partial charge in [-0.3, -0.25) is 4.79 Å². The van der Waals surface area contributed by atoms with Crippen LogP contribution < -0.4 is 5.32 Å². The van der Waals surface area contributed by atoms with E-state index in [1.54, 1.807) is 25.1 Å². The number of aromatic nitrogens is 2. The molecule has 0 bridgehead atoms. The fourth-order valence-electron chi connectivity index (χ4n) is 4.17. The van der Waals surface area contributed by atoms with Gasteiger partial charge in [0, 0.05) is 25.7 Å². The van der Waals surface area contributed by atoms with Crippen LogP contribution in [0, 0.1) is 24.6 Å². The maximum atomic E-state index is 14.0. The van der Waals surface area contributed by atoms with E-state index in [1.165, 1.54) is 23.4 Å². The zero-order valence-corrected chi connectivity index (χ0v) is 16.6. The molecule has 0 radical (unpaired) electrons. The number of halogens is 1. The van der Waals surface area contributed by atoms with Gasteiger partial charge in [0.05, 0.1) is 17.5 Å².